The first-order valence-electron chi connectivity index (χ1n) is 4.99. The van der Waals surface area contributed by atoms with E-state index in [-0.39, 0.29) is 5.91 Å². The Kier molecular flexibility index (Phi) is 3.84. The molecule has 1 aromatic rings. The molecule has 0 aliphatic carbocycles. The van der Waals surface area contributed by atoms with Gasteiger partial charge in [0, 0.05) is 18.3 Å². The van der Waals surface area contributed by atoms with Crippen molar-refractivity contribution in [3.8, 4) is 5.75 Å². The molecule has 0 aliphatic heterocycles. The number of nitrogens with zero attached hydrogens (tertiary/aromatic N) is 1. The number of ether oxygens (including phenoxy) is 1. The molecule has 0 atom stereocenters. The molecule has 16 heavy (non-hydrogen) atoms. The fraction of sp³-hybridized carbons (Fsp3) is 0.455. The molecule has 5 nitrogen and oxygen atoms in total. The second-order valence-electron chi connectivity index (χ2n) is 4.25. The molecule has 1 heterocycles. The van der Waals surface area contributed by atoms with E-state index < -0.39 is 5.54 Å². The zero-order valence-corrected chi connectivity index (χ0v) is 9.78. The van der Waals surface area contributed by atoms with Crippen LogP contribution in [0.5, 0.6) is 5.75 Å². The van der Waals surface area contributed by atoms with Crippen molar-refractivity contribution >= 4 is 5.91 Å². The van der Waals surface area contributed by atoms with Gasteiger partial charge in [0.1, 0.15) is 5.75 Å². The van der Waals surface area contributed by atoms with Crippen molar-refractivity contribution in [3.63, 3.8) is 0 Å². The summed E-state index contributed by atoms with van der Waals surface area (Å²) >= 11 is 0. The van der Waals surface area contributed by atoms with Crippen molar-refractivity contribution in [1.29, 1.82) is 0 Å². The number of rotatable bonds is 4. The largest absolute Gasteiger partial charge is 0.494 e. The van der Waals surface area contributed by atoms with E-state index in [1.165, 1.54) is 13.3 Å². The van der Waals surface area contributed by atoms with Crippen LogP contribution in [0.1, 0.15) is 24.2 Å². The summed E-state index contributed by atoms with van der Waals surface area (Å²) in [6, 6.07) is 1.61. The smallest absolute Gasteiger partial charge is 0.255 e. The highest BCUT2D eigenvalue weighted by Gasteiger charge is 2.15. The lowest BCUT2D eigenvalue weighted by Crippen LogP contribution is -2.45. The third-order valence-electron chi connectivity index (χ3n) is 1.95. The molecule has 0 unspecified atom stereocenters. The van der Waals surface area contributed by atoms with Gasteiger partial charge in [-0.15, -0.1) is 0 Å². The maximum absolute atomic E-state index is 11.8. The van der Waals surface area contributed by atoms with E-state index in [0.29, 0.717) is 17.9 Å². The van der Waals surface area contributed by atoms with Gasteiger partial charge in [-0.05, 0) is 19.9 Å². The fourth-order valence-corrected chi connectivity index (χ4v) is 1.13. The Morgan fingerprint density at radius 2 is 2.31 bits per heavy atom. The Morgan fingerprint density at radius 3 is 2.88 bits per heavy atom. The number of carbonyl (C=O) groups is 1. The number of amides is 1. The van der Waals surface area contributed by atoms with E-state index in [1.807, 2.05) is 13.8 Å². The van der Waals surface area contributed by atoms with Crippen LogP contribution in [-0.4, -0.2) is 30.1 Å². The molecule has 5 heteroatoms. The lowest BCUT2D eigenvalue weighted by Gasteiger charge is -2.19. The normalized spacial score (nSPS) is 11.0. The molecule has 3 N–H and O–H groups in total. The maximum Gasteiger partial charge on any atom is 0.255 e. The predicted molar refractivity (Wildman–Crippen MR) is 61.4 cm³/mol. The number of pyridine rings is 1. The van der Waals surface area contributed by atoms with E-state index in [1.54, 1.807) is 12.3 Å². The second-order valence-corrected chi connectivity index (χ2v) is 4.25. The Balaban J connectivity index is 2.73. The Hall–Kier alpha value is -1.62. The quantitative estimate of drug-likeness (QED) is 0.781. The Morgan fingerprint density at radius 1 is 1.62 bits per heavy atom. The van der Waals surface area contributed by atoms with Crippen LogP contribution in [-0.2, 0) is 0 Å². The zero-order valence-electron chi connectivity index (χ0n) is 9.78. The van der Waals surface area contributed by atoms with Crippen molar-refractivity contribution in [2.24, 2.45) is 5.73 Å². The van der Waals surface area contributed by atoms with Crippen molar-refractivity contribution in [1.82, 2.24) is 10.3 Å². The maximum atomic E-state index is 11.8. The van der Waals surface area contributed by atoms with E-state index >= 15 is 0 Å². The number of nitrogens with one attached hydrogen (secondary N) is 1. The Bertz CT molecular complexity index is 372. The van der Waals surface area contributed by atoms with Gasteiger partial charge in [-0.2, -0.15) is 0 Å². The van der Waals surface area contributed by atoms with Crippen molar-refractivity contribution in [3.05, 3.63) is 24.0 Å². The summed E-state index contributed by atoms with van der Waals surface area (Å²) in [6.45, 7) is 4.09. The van der Waals surface area contributed by atoms with Crippen LogP contribution in [0.25, 0.3) is 0 Å². The monoisotopic (exact) mass is 223 g/mol. The van der Waals surface area contributed by atoms with E-state index in [9.17, 15) is 4.79 Å². The first-order valence-corrected chi connectivity index (χ1v) is 4.99. The second kappa shape index (κ2) is 4.94. The standard InChI is InChI=1S/C11H17N3O2/c1-11(2,12)7-14-10(15)8-4-5-13-6-9(8)16-3/h4-6H,7,12H2,1-3H3,(H,14,15). The first-order chi connectivity index (χ1) is 7.44. The molecule has 1 amide bonds. The SMILES string of the molecule is COc1cnccc1C(=O)NCC(C)(C)N. The van der Waals surface area contributed by atoms with Gasteiger partial charge in [0.2, 0.25) is 0 Å². The molecule has 0 aromatic carbocycles. The van der Waals surface area contributed by atoms with Gasteiger partial charge in [-0.3, -0.25) is 9.78 Å². The molecule has 1 aromatic heterocycles. The highest BCUT2D eigenvalue weighted by Crippen LogP contribution is 2.15. The number of carbonyl (C=O) groups excluding carboxylic acids is 1. The van der Waals surface area contributed by atoms with Gasteiger partial charge in [0.15, 0.2) is 0 Å². The van der Waals surface area contributed by atoms with E-state index in [4.69, 9.17) is 10.5 Å². The van der Waals surface area contributed by atoms with Crippen LogP contribution in [0.3, 0.4) is 0 Å². The number of nitrogens with two attached hydrogens (primary N) is 1. The molecular weight excluding hydrogens is 206 g/mol. The molecule has 1 rings (SSSR count). The van der Waals surface area contributed by atoms with Gasteiger partial charge < -0.3 is 15.8 Å². The minimum atomic E-state index is -0.435. The number of methoxy groups -OCH3 is 1. The van der Waals surface area contributed by atoms with Gasteiger partial charge in [0.25, 0.3) is 5.91 Å². The van der Waals surface area contributed by atoms with Crippen molar-refractivity contribution in [2.45, 2.75) is 19.4 Å². The number of hydrogen-bond donors (Lipinski definition) is 2. The highest BCUT2D eigenvalue weighted by molar-refractivity contribution is 5.96. The minimum absolute atomic E-state index is 0.210. The Labute approximate surface area is 95.0 Å². The molecule has 0 bridgehead atoms. The van der Waals surface area contributed by atoms with E-state index in [2.05, 4.69) is 10.3 Å². The fourth-order valence-electron chi connectivity index (χ4n) is 1.13. The lowest BCUT2D eigenvalue weighted by atomic mass is 10.1. The first kappa shape index (κ1) is 12.4. The van der Waals surface area contributed by atoms with Gasteiger partial charge in [-0.25, -0.2) is 0 Å². The summed E-state index contributed by atoms with van der Waals surface area (Å²) in [4.78, 5) is 15.7. The predicted octanol–water partition coefficient (Wildman–Crippen LogP) is 0.557. The minimum Gasteiger partial charge on any atom is -0.494 e. The molecule has 0 saturated heterocycles. The van der Waals surface area contributed by atoms with Gasteiger partial charge in [0.05, 0.1) is 18.9 Å². The summed E-state index contributed by atoms with van der Waals surface area (Å²) < 4.78 is 5.04. The van der Waals surface area contributed by atoms with Gasteiger partial charge >= 0.3 is 0 Å². The summed E-state index contributed by atoms with van der Waals surface area (Å²) in [5, 5.41) is 2.74. The summed E-state index contributed by atoms with van der Waals surface area (Å²) in [7, 11) is 1.50. The molecule has 0 aliphatic rings. The summed E-state index contributed by atoms with van der Waals surface area (Å²) in [5.41, 5.74) is 5.80. The molecule has 88 valence electrons. The summed E-state index contributed by atoms with van der Waals surface area (Å²) in [5.74, 6) is 0.243. The molecular formula is C11H17N3O2. The van der Waals surface area contributed by atoms with Crippen molar-refractivity contribution < 1.29 is 9.53 Å². The average molecular weight is 223 g/mol. The lowest BCUT2D eigenvalue weighted by molar-refractivity contribution is 0.0943. The molecule has 0 spiro atoms. The van der Waals surface area contributed by atoms with Crippen molar-refractivity contribution in [2.75, 3.05) is 13.7 Å². The van der Waals surface area contributed by atoms with Crippen LogP contribution in [0, 0.1) is 0 Å². The molecule has 0 radical (unpaired) electrons. The van der Waals surface area contributed by atoms with Crippen LogP contribution in [0.15, 0.2) is 18.5 Å². The zero-order chi connectivity index (χ0) is 12.2. The third-order valence-corrected chi connectivity index (χ3v) is 1.95. The third kappa shape index (κ3) is 3.51. The topological polar surface area (TPSA) is 77.2 Å². The average Bonchev–Trinajstić information content (AvgIpc) is 2.25. The molecule has 0 fully saturated rings. The van der Waals surface area contributed by atoms with Crippen LogP contribution < -0.4 is 15.8 Å². The highest BCUT2D eigenvalue weighted by atomic mass is 16.5. The summed E-state index contributed by atoms with van der Waals surface area (Å²) in [6.07, 6.45) is 3.05. The molecule has 0 saturated carbocycles. The van der Waals surface area contributed by atoms with Crippen LogP contribution >= 0.6 is 0 Å². The van der Waals surface area contributed by atoms with Gasteiger partial charge in [-0.1, -0.05) is 0 Å². The van der Waals surface area contributed by atoms with Crippen LogP contribution in [0.2, 0.25) is 0 Å². The van der Waals surface area contributed by atoms with E-state index in [0.717, 1.165) is 0 Å². The van der Waals surface area contributed by atoms with Crippen LogP contribution in [0.4, 0.5) is 0 Å². The number of aromatic nitrogens is 1. The number of hydrogen-bond acceptors (Lipinski definition) is 4.